The highest BCUT2D eigenvalue weighted by atomic mass is 16.6. The lowest BCUT2D eigenvalue weighted by atomic mass is 10.3. The highest BCUT2D eigenvalue weighted by Crippen LogP contribution is 2.31. The molecule has 0 saturated carbocycles. The summed E-state index contributed by atoms with van der Waals surface area (Å²) in [6.07, 6.45) is -0.342. The Balaban J connectivity index is 1.58. The monoisotopic (exact) mass is 348 g/mol. The number of rotatable bonds is 3. The van der Waals surface area contributed by atoms with Gasteiger partial charge in [-0.3, -0.25) is 0 Å². The molecule has 4 heterocycles. The molecule has 2 aromatic rings. The predicted molar refractivity (Wildman–Crippen MR) is 90.5 cm³/mol. The molecule has 10 heteroatoms. The van der Waals surface area contributed by atoms with E-state index in [-0.39, 0.29) is 6.10 Å². The number of anilines is 3. The molecule has 25 heavy (non-hydrogen) atoms. The van der Waals surface area contributed by atoms with E-state index in [0.717, 1.165) is 13.1 Å². The van der Waals surface area contributed by atoms with Gasteiger partial charge in [0, 0.05) is 32.1 Å². The van der Waals surface area contributed by atoms with Crippen molar-refractivity contribution in [1.29, 1.82) is 0 Å². The van der Waals surface area contributed by atoms with Gasteiger partial charge in [0.25, 0.3) is 6.01 Å². The Labute approximate surface area is 143 Å². The molecular weight excluding hydrogens is 328 g/mol. The van der Waals surface area contributed by atoms with Crippen LogP contribution in [0.5, 0.6) is 0 Å². The van der Waals surface area contributed by atoms with Gasteiger partial charge in [0.1, 0.15) is 6.10 Å². The molecule has 134 valence electrons. The Morgan fingerprint density at radius 2 is 2.04 bits per heavy atom. The maximum Gasteiger partial charge on any atom is 0.404 e. The molecule has 0 bridgehead atoms. The Morgan fingerprint density at radius 3 is 2.80 bits per heavy atom. The third-order valence-electron chi connectivity index (χ3n) is 4.39. The molecule has 0 radical (unpaired) electrons. The molecule has 1 atom stereocenters. The molecule has 4 N–H and O–H groups in total. The average molecular weight is 348 g/mol. The second-order valence-corrected chi connectivity index (χ2v) is 6.11. The summed E-state index contributed by atoms with van der Waals surface area (Å²) in [5, 5.41) is 0. The summed E-state index contributed by atoms with van der Waals surface area (Å²) in [6, 6.07) is 2.26. The van der Waals surface area contributed by atoms with Crippen LogP contribution in [0.15, 0.2) is 10.5 Å². The summed E-state index contributed by atoms with van der Waals surface area (Å²) >= 11 is 0. The van der Waals surface area contributed by atoms with Gasteiger partial charge in [0.05, 0.1) is 25.4 Å². The zero-order valence-corrected chi connectivity index (χ0v) is 13.7. The normalized spacial score (nSPS) is 21.0. The second-order valence-electron chi connectivity index (χ2n) is 6.11. The lowest BCUT2D eigenvalue weighted by molar-refractivity contribution is 0.117. The zero-order chi connectivity index (χ0) is 17.4. The van der Waals surface area contributed by atoms with Crippen LogP contribution in [0.25, 0.3) is 11.2 Å². The lowest BCUT2D eigenvalue weighted by Gasteiger charge is -2.24. The first-order valence-corrected chi connectivity index (χ1v) is 8.21. The number of nitrogens with two attached hydrogens (primary N) is 2. The molecule has 0 aliphatic carbocycles. The Hall–Kier alpha value is -2.75. The van der Waals surface area contributed by atoms with E-state index in [0.29, 0.717) is 61.5 Å². The summed E-state index contributed by atoms with van der Waals surface area (Å²) in [4.78, 5) is 23.9. The molecule has 10 nitrogen and oxygen atoms in total. The Bertz CT molecular complexity index is 788. The summed E-state index contributed by atoms with van der Waals surface area (Å²) in [6.45, 7) is 3.93. The van der Waals surface area contributed by atoms with Crippen molar-refractivity contribution >= 4 is 34.8 Å². The van der Waals surface area contributed by atoms with Crippen molar-refractivity contribution in [3.05, 3.63) is 6.07 Å². The van der Waals surface area contributed by atoms with Gasteiger partial charge in [0.2, 0.25) is 5.65 Å². The standard InChI is InChI=1S/C15H20N6O4/c16-10-7-11-12(19-15(25-11)20-3-5-23-6-4-20)18-13(10)21-2-1-9(8-21)24-14(17)22/h7,9H,1-6,8,16H2,(H2,17,22). The fourth-order valence-corrected chi connectivity index (χ4v) is 3.18. The number of aromatic nitrogens is 2. The van der Waals surface area contributed by atoms with Crippen LogP contribution in [0, 0.1) is 0 Å². The van der Waals surface area contributed by atoms with E-state index in [1.54, 1.807) is 6.07 Å². The summed E-state index contributed by atoms with van der Waals surface area (Å²) in [5.74, 6) is 0.616. The average Bonchev–Trinajstić information content (AvgIpc) is 3.20. The van der Waals surface area contributed by atoms with Crippen LogP contribution in [0.4, 0.5) is 22.3 Å². The van der Waals surface area contributed by atoms with Crippen molar-refractivity contribution in [3.63, 3.8) is 0 Å². The summed E-state index contributed by atoms with van der Waals surface area (Å²) in [7, 11) is 0. The number of ether oxygens (including phenoxy) is 2. The lowest BCUT2D eigenvalue weighted by Crippen LogP contribution is -2.36. The number of oxazole rings is 1. The smallest absolute Gasteiger partial charge is 0.404 e. The molecule has 2 fully saturated rings. The first kappa shape index (κ1) is 15.8. The van der Waals surface area contributed by atoms with E-state index in [1.807, 2.05) is 9.80 Å². The number of hydrogen-bond acceptors (Lipinski definition) is 9. The molecular formula is C15H20N6O4. The maximum absolute atomic E-state index is 10.9. The van der Waals surface area contributed by atoms with Crippen molar-refractivity contribution in [2.24, 2.45) is 5.73 Å². The minimum Gasteiger partial charge on any atom is -0.444 e. The third-order valence-corrected chi connectivity index (χ3v) is 4.39. The maximum atomic E-state index is 10.9. The fourth-order valence-electron chi connectivity index (χ4n) is 3.18. The molecule has 4 rings (SSSR count). The third kappa shape index (κ3) is 3.12. The van der Waals surface area contributed by atoms with Gasteiger partial charge in [-0.25, -0.2) is 9.78 Å². The molecule has 2 aliphatic heterocycles. The number of nitrogen functional groups attached to an aromatic ring is 1. The van der Waals surface area contributed by atoms with Gasteiger partial charge in [-0.1, -0.05) is 0 Å². The highest BCUT2D eigenvalue weighted by Gasteiger charge is 2.28. The van der Waals surface area contributed by atoms with Gasteiger partial charge in [-0.2, -0.15) is 4.98 Å². The van der Waals surface area contributed by atoms with Gasteiger partial charge in [0.15, 0.2) is 11.4 Å². The van der Waals surface area contributed by atoms with Crippen molar-refractivity contribution in [2.75, 3.05) is 54.9 Å². The molecule has 1 unspecified atom stereocenters. The molecule has 2 aliphatic rings. The number of morpholine rings is 1. The van der Waals surface area contributed by atoms with E-state index in [1.165, 1.54) is 0 Å². The predicted octanol–water partition coefficient (Wildman–Crippen LogP) is 0.316. The minimum absolute atomic E-state index is 0.254. The fraction of sp³-hybridized carbons (Fsp3) is 0.533. The number of pyridine rings is 1. The van der Waals surface area contributed by atoms with E-state index < -0.39 is 6.09 Å². The first-order valence-electron chi connectivity index (χ1n) is 8.21. The largest absolute Gasteiger partial charge is 0.444 e. The van der Waals surface area contributed by atoms with Gasteiger partial charge < -0.3 is 35.2 Å². The highest BCUT2D eigenvalue weighted by molar-refractivity contribution is 5.80. The molecule has 2 saturated heterocycles. The second kappa shape index (κ2) is 6.28. The number of amides is 1. The van der Waals surface area contributed by atoms with Crippen LogP contribution < -0.4 is 21.3 Å². The molecule has 1 amide bonds. The van der Waals surface area contributed by atoms with Gasteiger partial charge in [-0.05, 0) is 0 Å². The summed E-state index contributed by atoms with van der Waals surface area (Å²) in [5.41, 5.74) is 12.8. The Morgan fingerprint density at radius 1 is 1.24 bits per heavy atom. The molecule has 0 aromatic carbocycles. The van der Waals surface area contributed by atoms with E-state index in [9.17, 15) is 4.79 Å². The van der Waals surface area contributed by atoms with Crippen LogP contribution in [-0.2, 0) is 9.47 Å². The number of carbonyl (C=O) groups is 1. The van der Waals surface area contributed by atoms with Crippen LogP contribution >= 0.6 is 0 Å². The number of carbonyl (C=O) groups excluding carboxylic acids is 1. The first-order chi connectivity index (χ1) is 12.1. The SMILES string of the molecule is NC(=O)OC1CCN(c2nc3nc(N4CCOCC4)oc3cc2N)C1. The zero-order valence-electron chi connectivity index (χ0n) is 13.7. The topological polar surface area (TPSA) is 133 Å². The minimum atomic E-state index is -0.769. The molecule has 2 aromatic heterocycles. The van der Waals surface area contributed by atoms with E-state index in [4.69, 9.17) is 25.4 Å². The Kier molecular flexibility index (Phi) is 3.96. The quantitative estimate of drug-likeness (QED) is 0.804. The number of hydrogen-bond donors (Lipinski definition) is 2. The number of nitrogens with zero attached hydrogens (tertiary/aromatic N) is 4. The molecule has 0 spiro atoms. The number of primary amides is 1. The van der Waals surface area contributed by atoms with Crippen molar-refractivity contribution in [2.45, 2.75) is 12.5 Å². The van der Waals surface area contributed by atoms with Crippen LogP contribution in [0.3, 0.4) is 0 Å². The number of fused-ring (bicyclic) bond motifs is 1. The van der Waals surface area contributed by atoms with Gasteiger partial charge >= 0.3 is 6.09 Å². The van der Waals surface area contributed by atoms with E-state index in [2.05, 4.69) is 9.97 Å². The van der Waals surface area contributed by atoms with Crippen molar-refractivity contribution in [3.8, 4) is 0 Å². The van der Waals surface area contributed by atoms with Crippen molar-refractivity contribution < 1.29 is 18.7 Å². The van der Waals surface area contributed by atoms with E-state index >= 15 is 0 Å². The van der Waals surface area contributed by atoms with Crippen LogP contribution in [-0.4, -0.2) is 61.6 Å². The summed E-state index contributed by atoms with van der Waals surface area (Å²) < 4.78 is 16.2. The van der Waals surface area contributed by atoms with Crippen LogP contribution in [0.1, 0.15) is 6.42 Å². The van der Waals surface area contributed by atoms with Crippen LogP contribution in [0.2, 0.25) is 0 Å². The van der Waals surface area contributed by atoms with Crippen molar-refractivity contribution in [1.82, 2.24) is 9.97 Å². The van der Waals surface area contributed by atoms with Gasteiger partial charge in [-0.15, -0.1) is 0 Å².